The second-order valence-electron chi connectivity index (χ2n) is 9.95. The molecular weight excluding hydrogens is 530 g/mol. The van der Waals surface area contributed by atoms with Crippen molar-refractivity contribution in [2.24, 2.45) is 23.2 Å². The maximum absolute atomic E-state index is 14.2. The zero-order chi connectivity index (χ0) is 26.8. The lowest BCUT2D eigenvalue weighted by molar-refractivity contribution is -0.365. The van der Waals surface area contributed by atoms with Crippen molar-refractivity contribution in [1.82, 2.24) is 0 Å². The van der Waals surface area contributed by atoms with Gasteiger partial charge in [0.2, 0.25) is 0 Å². The minimum absolute atomic E-state index is 0.0839. The van der Waals surface area contributed by atoms with Crippen molar-refractivity contribution in [2.45, 2.75) is 61.4 Å². The molecule has 0 radical (unpaired) electrons. The molecule has 9 nitrogen and oxygen atoms in total. The summed E-state index contributed by atoms with van der Waals surface area (Å²) in [5, 5.41) is -5.65. The van der Waals surface area contributed by atoms with Crippen LogP contribution >= 0.6 is 0 Å². The van der Waals surface area contributed by atoms with Crippen molar-refractivity contribution in [2.75, 3.05) is 26.4 Å². The fourth-order valence-electron chi connectivity index (χ4n) is 6.08. The summed E-state index contributed by atoms with van der Waals surface area (Å²) in [6, 6.07) is 0. The van der Waals surface area contributed by atoms with Gasteiger partial charge in [-0.1, -0.05) is 0 Å². The van der Waals surface area contributed by atoms with E-state index in [4.69, 9.17) is 14.0 Å². The fraction of sp³-hybridized carbons (Fsp3) is 0.900. The van der Waals surface area contributed by atoms with E-state index in [-0.39, 0.29) is 30.6 Å². The van der Waals surface area contributed by atoms with Crippen LogP contribution in [0.4, 0.5) is 26.3 Å². The molecule has 1 heterocycles. The Morgan fingerprint density at radius 3 is 1.89 bits per heavy atom. The van der Waals surface area contributed by atoms with E-state index in [0.717, 1.165) is 0 Å². The minimum atomic E-state index is -6.39. The molecular formula is C20H24F6O9S. The minimum Gasteiger partial charge on any atom is -0.459 e. The second-order valence-corrected chi connectivity index (χ2v) is 11.4. The quantitative estimate of drug-likeness (QED) is 0.274. The van der Waals surface area contributed by atoms with Crippen LogP contribution < -0.4 is 0 Å². The molecule has 1 saturated heterocycles. The van der Waals surface area contributed by atoms with Crippen LogP contribution in [0.1, 0.15) is 38.5 Å². The van der Waals surface area contributed by atoms with Gasteiger partial charge in [-0.15, -0.1) is 0 Å². The van der Waals surface area contributed by atoms with Crippen molar-refractivity contribution < 1.29 is 67.8 Å². The first kappa shape index (κ1) is 27.4. The highest BCUT2D eigenvalue weighted by Crippen LogP contribution is 2.65. The zero-order valence-electron chi connectivity index (χ0n) is 18.7. The molecule has 0 aromatic heterocycles. The molecule has 1 aliphatic heterocycles. The Morgan fingerprint density at radius 2 is 1.39 bits per heavy atom. The summed E-state index contributed by atoms with van der Waals surface area (Å²) in [4.78, 5) is 23.9. The Morgan fingerprint density at radius 1 is 0.889 bits per heavy atom. The number of carbonyl (C=O) groups is 2. The van der Waals surface area contributed by atoms with Crippen molar-refractivity contribution in [3.63, 3.8) is 0 Å². The summed E-state index contributed by atoms with van der Waals surface area (Å²) in [7, 11) is -6.39. The number of alkyl halides is 6. The van der Waals surface area contributed by atoms with E-state index in [1.54, 1.807) is 0 Å². The topological polar surface area (TPSA) is 125 Å². The molecule has 206 valence electrons. The predicted octanol–water partition coefficient (Wildman–Crippen LogP) is 2.78. The van der Waals surface area contributed by atoms with Crippen LogP contribution in [0.3, 0.4) is 0 Å². The van der Waals surface area contributed by atoms with E-state index in [1.807, 2.05) is 0 Å². The van der Waals surface area contributed by atoms with E-state index in [1.165, 1.54) is 0 Å². The van der Waals surface area contributed by atoms with E-state index < -0.39 is 63.6 Å². The zero-order valence-corrected chi connectivity index (χ0v) is 19.5. The normalized spacial score (nSPS) is 31.9. The van der Waals surface area contributed by atoms with Gasteiger partial charge >= 0.3 is 39.2 Å². The van der Waals surface area contributed by atoms with Crippen LogP contribution in [0.2, 0.25) is 0 Å². The van der Waals surface area contributed by atoms with Crippen molar-refractivity contribution in [3.8, 4) is 0 Å². The van der Waals surface area contributed by atoms with Crippen LogP contribution in [0, 0.1) is 23.2 Å². The number of rotatable bonds is 8. The van der Waals surface area contributed by atoms with Gasteiger partial charge in [-0.05, 0) is 44.4 Å². The number of carbonyl (C=O) groups excluding carboxylic acids is 2. The molecule has 0 amide bonds. The SMILES string of the molecule is O=C(OCC(F)(F)C(F)(F)COC(=O)C(F)(F)S(=O)(=O)O)C12CC3CC(C1)C1(OCCCO1)C(C3)C2. The molecule has 0 aromatic rings. The van der Waals surface area contributed by atoms with Gasteiger partial charge in [-0.25, -0.2) is 4.79 Å². The first-order chi connectivity index (χ1) is 16.5. The van der Waals surface area contributed by atoms with Gasteiger partial charge in [0.05, 0.1) is 18.6 Å². The fourth-order valence-corrected chi connectivity index (χ4v) is 6.35. The highest BCUT2D eigenvalue weighted by Gasteiger charge is 2.67. The summed E-state index contributed by atoms with van der Waals surface area (Å²) < 4.78 is 132. The lowest BCUT2D eigenvalue weighted by atomic mass is 9.47. The monoisotopic (exact) mass is 554 g/mol. The van der Waals surface area contributed by atoms with E-state index >= 15 is 0 Å². The molecule has 5 rings (SSSR count). The number of hydrogen-bond acceptors (Lipinski definition) is 8. The van der Waals surface area contributed by atoms with Crippen molar-refractivity contribution >= 4 is 22.1 Å². The average Bonchev–Trinajstić information content (AvgIpc) is 2.78. The predicted molar refractivity (Wildman–Crippen MR) is 104 cm³/mol. The first-order valence-corrected chi connectivity index (χ1v) is 12.6. The van der Waals surface area contributed by atoms with Gasteiger partial charge in [0.15, 0.2) is 19.0 Å². The van der Waals surface area contributed by atoms with Crippen LogP contribution in [-0.2, 0) is 38.7 Å². The molecule has 0 aromatic carbocycles. The maximum atomic E-state index is 14.2. The Hall–Kier alpha value is -1.65. The molecule has 2 atom stereocenters. The van der Waals surface area contributed by atoms with Crippen LogP contribution in [0.15, 0.2) is 0 Å². The largest absolute Gasteiger partial charge is 0.465 e. The summed E-state index contributed by atoms with van der Waals surface area (Å²) in [5.74, 6) is -15.9. The Balaban J connectivity index is 1.38. The molecule has 5 fully saturated rings. The lowest BCUT2D eigenvalue weighted by Crippen LogP contribution is -2.66. The third-order valence-corrected chi connectivity index (χ3v) is 8.38. The van der Waals surface area contributed by atoms with Crippen LogP contribution in [-0.4, -0.2) is 74.2 Å². The van der Waals surface area contributed by atoms with Crippen LogP contribution in [0.5, 0.6) is 0 Å². The average molecular weight is 554 g/mol. The molecule has 4 bridgehead atoms. The number of ether oxygens (including phenoxy) is 4. The maximum Gasteiger partial charge on any atom is 0.465 e. The van der Waals surface area contributed by atoms with Gasteiger partial charge in [-0.3, -0.25) is 9.35 Å². The first-order valence-electron chi connectivity index (χ1n) is 11.2. The van der Waals surface area contributed by atoms with E-state index in [2.05, 4.69) is 9.47 Å². The second kappa shape index (κ2) is 8.70. The summed E-state index contributed by atoms with van der Waals surface area (Å²) in [5.41, 5.74) is -1.18. The van der Waals surface area contributed by atoms with E-state index in [0.29, 0.717) is 38.9 Å². The Kier molecular flexibility index (Phi) is 6.62. The summed E-state index contributed by atoms with van der Waals surface area (Å²) >= 11 is 0. The van der Waals surface area contributed by atoms with Crippen molar-refractivity contribution in [3.05, 3.63) is 0 Å². The Bertz CT molecular complexity index is 993. The standard InChI is InChI=1S/C20H24F6O9S/c21-17(22,18(23,24)10-33-15(28)20(25,26)36(29,30)31)9-32-14(27)16-6-11-4-12(7-16)19(13(5-11)8-16)34-2-1-3-35-19/h11-13H,1-10H2,(H,29,30,31). The third kappa shape index (κ3) is 4.36. The molecule has 1 spiro atoms. The number of hydrogen-bond donors (Lipinski definition) is 1. The molecule has 2 unspecified atom stereocenters. The molecule has 5 aliphatic rings. The van der Waals surface area contributed by atoms with Gasteiger partial charge in [-0.2, -0.15) is 34.8 Å². The molecule has 16 heteroatoms. The lowest BCUT2D eigenvalue weighted by Gasteiger charge is -2.63. The van der Waals surface area contributed by atoms with Gasteiger partial charge in [0, 0.05) is 11.8 Å². The van der Waals surface area contributed by atoms with Gasteiger partial charge < -0.3 is 18.9 Å². The van der Waals surface area contributed by atoms with E-state index in [9.17, 15) is 44.3 Å². The summed E-state index contributed by atoms with van der Waals surface area (Å²) in [6.45, 7) is -3.82. The van der Waals surface area contributed by atoms with Crippen LogP contribution in [0.25, 0.3) is 0 Å². The smallest absolute Gasteiger partial charge is 0.459 e. The highest BCUT2D eigenvalue weighted by atomic mass is 32.2. The third-order valence-electron chi connectivity index (χ3n) is 7.57. The highest BCUT2D eigenvalue weighted by molar-refractivity contribution is 7.87. The molecule has 4 saturated carbocycles. The van der Waals surface area contributed by atoms with Crippen molar-refractivity contribution in [1.29, 1.82) is 0 Å². The Labute approximate surface area is 201 Å². The molecule has 4 aliphatic carbocycles. The molecule has 1 N–H and O–H groups in total. The number of esters is 2. The number of halogens is 6. The molecule has 36 heavy (non-hydrogen) atoms. The van der Waals surface area contributed by atoms with Gasteiger partial charge in [0.1, 0.15) is 0 Å². The summed E-state index contributed by atoms with van der Waals surface area (Å²) in [6.07, 6.45) is 2.88. The van der Waals surface area contributed by atoms with Gasteiger partial charge in [0.25, 0.3) is 0 Å².